The Balaban J connectivity index is 2.28. The molecule has 0 aromatic carbocycles. The van der Waals surface area contributed by atoms with Crippen molar-refractivity contribution in [3.63, 3.8) is 0 Å². The van der Waals surface area contributed by atoms with Gasteiger partial charge in [0.05, 0.1) is 36.4 Å². The van der Waals surface area contributed by atoms with Gasteiger partial charge in [0.2, 0.25) is 0 Å². The van der Waals surface area contributed by atoms with E-state index in [0.717, 1.165) is 0 Å². The van der Waals surface area contributed by atoms with Gasteiger partial charge in [-0.3, -0.25) is 9.59 Å². The Morgan fingerprint density at radius 3 is 2.09 bits per heavy atom. The van der Waals surface area contributed by atoms with Crippen molar-refractivity contribution < 1.29 is 43.9 Å². The van der Waals surface area contributed by atoms with Crippen molar-refractivity contribution in [3.8, 4) is 0 Å². The highest BCUT2D eigenvalue weighted by atomic mass is 16.7. The predicted molar refractivity (Wildman–Crippen MR) is 124 cm³/mol. The third-order valence-corrected chi connectivity index (χ3v) is 7.55. The quantitative estimate of drug-likeness (QED) is 0.508. The van der Waals surface area contributed by atoms with Crippen LogP contribution < -0.4 is 0 Å². The first-order valence-corrected chi connectivity index (χ1v) is 12.5. The standard InChI is InChI=1S/C25H44O9/c1-12-8-18(31-7)9-14(3)24(34-20-10-13(2)22(28)17(6)33-20)16(5)25(30)32-11-19(26)23(29)15(4)21(12)27/h12-20,22-24,26,28-29H,8-11H2,1-7H3/t12-,13?,14-,15?,16?,17?,18?,19?,20+,22?,23?,24+/m1/s1. The Morgan fingerprint density at radius 1 is 0.853 bits per heavy atom. The minimum Gasteiger partial charge on any atom is -0.463 e. The maximum Gasteiger partial charge on any atom is 0.311 e. The van der Waals surface area contributed by atoms with E-state index < -0.39 is 61.2 Å². The van der Waals surface area contributed by atoms with Gasteiger partial charge >= 0.3 is 5.97 Å². The van der Waals surface area contributed by atoms with E-state index in [1.165, 1.54) is 0 Å². The monoisotopic (exact) mass is 488 g/mol. The highest BCUT2D eigenvalue weighted by Crippen LogP contribution is 2.32. The second-order valence-electron chi connectivity index (χ2n) is 10.5. The van der Waals surface area contributed by atoms with Crippen LogP contribution in [0, 0.1) is 29.6 Å². The molecule has 3 N–H and O–H groups in total. The predicted octanol–water partition coefficient (Wildman–Crippen LogP) is 1.69. The van der Waals surface area contributed by atoms with Crippen molar-refractivity contribution >= 4 is 11.8 Å². The molecule has 2 aliphatic heterocycles. The molecule has 2 fully saturated rings. The average molecular weight is 489 g/mol. The van der Waals surface area contributed by atoms with Crippen LogP contribution in [0.1, 0.15) is 60.8 Å². The molecule has 0 amide bonds. The average Bonchev–Trinajstić information content (AvgIpc) is 2.80. The van der Waals surface area contributed by atoms with Crippen LogP contribution in [-0.2, 0) is 28.5 Å². The summed E-state index contributed by atoms with van der Waals surface area (Å²) >= 11 is 0. The Kier molecular flexibility index (Phi) is 10.9. The summed E-state index contributed by atoms with van der Waals surface area (Å²) in [6.07, 6.45) is -3.70. The lowest BCUT2D eigenvalue weighted by Gasteiger charge is -2.40. The lowest BCUT2D eigenvalue weighted by Crippen LogP contribution is -2.47. The topological polar surface area (TPSA) is 132 Å². The van der Waals surface area contributed by atoms with Crippen LogP contribution in [0.5, 0.6) is 0 Å². The normalized spacial score (nSPS) is 45.9. The van der Waals surface area contributed by atoms with E-state index in [1.807, 2.05) is 13.8 Å². The van der Waals surface area contributed by atoms with E-state index in [2.05, 4.69) is 0 Å². The maximum atomic E-state index is 12.9. The first-order valence-electron chi connectivity index (χ1n) is 12.5. The zero-order valence-corrected chi connectivity index (χ0v) is 21.5. The van der Waals surface area contributed by atoms with Gasteiger partial charge < -0.3 is 34.3 Å². The minimum absolute atomic E-state index is 0.0259. The van der Waals surface area contributed by atoms with E-state index in [1.54, 1.807) is 34.8 Å². The molecule has 2 rings (SSSR count). The summed E-state index contributed by atoms with van der Waals surface area (Å²) in [5.74, 6) is -2.80. The van der Waals surface area contributed by atoms with E-state index in [-0.39, 0.29) is 29.6 Å². The summed E-state index contributed by atoms with van der Waals surface area (Å²) in [7, 11) is 1.59. The molecule has 2 saturated heterocycles. The third-order valence-electron chi connectivity index (χ3n) is 7.55. The van der Waals surface area contributed by atoms with E-state index in [9.17, 15) is 24.9 Å². The molecule has 9 heteroatoms. The summed E-state index contributed by atoms with van der Waals surface area (Å²) in [5, 5.41) is 31.0. The summed E-state index contributed by atoms with van der Waals surface area (Å²) in [6.45, 7) is 10.3. The Bertz CT molecular complexity index is 659. The number of aliphatic hydroxyl groups excluding tert-OH is 3. The number of hydrogen-bond acceptors (Lipinski definition) is 9. The number of ketones is 1. The number of esters is 1. The fraction of sp³-hybridized carbons (Fsp3) is 0.920. The van der Waals surface area contributed by atoms with Gasteiger partial charge in [-0.25, -0.2) is 0 Å². The van der Waals surface area contributed by atoms with Gasteiger partial charge in [-0.15, -0.1) is 0 Å². The number of methoxy groups -OCH3 is 1. The molecule has 34 heavy (non-hydrogen) atoms. The molecule has 0 aromatic rings. The van der Waals surface area contributed by atoms with E-state index >= 15 is 0 Å². The smallest absolute Gasteiger partial charge is 0.311 e. The fourth-order valence-electron chi connectivity index (χ4n) is 5.12. The lowest BCUT2D eigenvalue weighted by atomic mass is 9.82. The molecule has 198 valence electrons. The Hall–Kier alpha value is -1.10. The molecule has 8 unspecified atom stereocenters. The van der Waals surface area contributed by atoms with Crippen molar-refractivity contribution in [2.75, 3.05) is 13.7 Å². The molecule has 2 aliphatic rings. The number of ether oxygens (including phenoxy) is 4. The number of rotatable bonds is 3. The SMILES string of the molecule is COC1C[C@@H](C)C(=O)C(C)C(O)C(O)COC(=O)C(C)[C@@H](O[C@H]2CC(C)C(O)C(C)O2)[C@H](C)C1. The Morgan fingerprint density at radius 2 is 1.50 bits per heavy atom. The molecule has 0 saturated carbocycles. The van der Waals surface area contributed by atoms with Gasteiger partial charge in [-0.1, -0.05) is 27.7 Å². The number of cyclic esters (lactones) is 1. The molecular formula is C25H44O9. The second kappa shape index (κ2) is 12.7. The van der Waals surface area contributed by atoms with Gasteiger partial charge in [0.15, 0.2) is 6.29 Å². The molecule has 0 radical (unpaired) electrons. The van der Waals surface area contributed by atoms with Crippen molar-refractivity contribution in [1.29, 1.82) is 0 Å². The van der Waals surface area contributed by atoms with Crippen molar-refractivity contribution in [3.05, 3.63) is 0 Å². The highest BCUT2D eigenvalue weighted by Gasteiger charge is 2.40. The van der Waals surface area contributed by atoms with Crippen molar-refractivity contribution in [2.45, 2.75) is 104 Å². The van der Waals surface area contributed by atoms with Gasteiger partial charge in [-0.05, 0) is 38.5 Å². The van der Waals surface area contributed by atoms with Crippen molar-refractivity contribution in [1.82, 2.24) is 0 Å². The molecule has 9 nitrogen and oxygen atoms in total. The fourth-order valence-corrected chi connectivity index (χ4v) is 5.12. The summed E-state index contributed by atoms with van der Waals surface area (Å²) in [4.78, 5) is 25.7. The number of carbonyl (C=O) groups excluding carboxylic acids is 2. The van der Waals surface area contributed by atoms with Crippen LogP contribution >= 0.6 is 0 Å². The number of Topliss-reactive ketones (excluding diaryl/α,β-unsaturated/α-hetero) is 1. The zero-order valence-electron chi connectivity index (χ0n) is 21.5. The minimum atomic E-state index is -1.38. The van der Waals surface area contributed by atoms with Gasteiger partial charge in [0.25, 0.3) is 0 Å². The largest absolute Gasteiger partial charge is 0.463 e. The number of hydrogen-bond donors (Lipinski definition) is 3. The van der Waals surface area contributed by atoms with Crippen LogP contribution in [0.4, 0.5) is 0 Å². The highest BCUT2D eigenvalue weighted by molar-refractivity contribution is 5.83. The first kappa shape index (κ1) is 29.1. The molecule has 0 aromatic heterocycles. The van der Waals surface area contributed by atoms with Crippen LogP contribution in [0.15, 0.2) is 0 Å². The first-order chi connectivity index (χ1) is 15.9. The molecular weight excluding hydrogens is 444 g/mol. The zero-order chi connectivity index (χ0) is 25.7. The third kappa shape index (κ3) is 7.21. The van der Waals surface area contributed by atoms with Crippen LogP contribution in [0.3, 0.4) is 0 Å². The molecule has 2 heterocycles. The van der Waals surface area contributed by atoms with Crippen LogP contribution in [0.2, 0.25) is 0 Å². The Labute approximate surface area is 203 Å². The second-order valence-corrected chi connectivity index (χ2v) is 10.5. The molecule has 0 bridgehead atoms. The summed E-state index contributed by atoms with van der Waals surface area (Å²) in [5.41, 5.74) is 0. The van der Waals surface area contributed by atoms with Crippen LogP contribution in [-0.4, -0.2) is 83.7 Å². The number of carbonyl (C=O) groups is 2. The summed E-state index contributed by atoms with van der Waals surface area (Å²) < 4.78 is 23.2. The lowest BCUT2D eigenvalue weighted by molar-refractivity contribution is -0.260. The van der Waals surface area contributed by atoms with Gasteiger partial charge in [-0.2, -0.15) is 0 Å². The summed E-state index contributed by atoms with van der Waals surface area (Å²) in [6, 6.07) is 0. The number of aliphatic hydroxyl groups is 3. The van der Waals surface area contributed by atoms with Crippen molar-refractivity contribution in [2.24, 2.45) is 29.6 Å². The van der Waals surface area contributed by atoms with E-state index in [4.69, 9.17) is 18.9 Å². The van der Waals surface area contributed by atoms with Crippen LogP contribution in [0.25, 0.3) is 0 Å². The molecule has 0 spiro atoms. The van der Waals surface area contributed by atoms with E-state index in [0.29, 0.717) is 19.3 Å². The van der Waals surface area contributed by atoms with Gasteiger partial charge in [0, 0.05) is 25.4 Å². The van der Waals surface area contributed by atoms with Gasteiger partial charge in [0.1, 0.15) is 18.5 Å². The molecule has 0 aliphatic carbocycles. The maximum absolute atomic E-state index is 12.9. The molecule has 12 atom stereocenters.